The van der Waals surface area contributed by atoms with E-state index in [1.165, 1.54) is 18.2 Å². The van der Waals surface area contributed by atoms with Crippen LogP contribution in [0.2, 0.25) is 10.0 Å². The van der Waals surface area contributed by atoms with Crippen molar-refractivity contribution >= 4 is 40.9 Å². The fraction of sp³-hybridized carbons (Fsp3) is 0.357. The van der Waals surface area contributed by atoms with Gasteiger partial charge < -0.3 is 16.0 Å². The standard InChI is InChI=1S/C14H15Cl2N3O3/c15-8-1-4-10(11(16)5-8)14(22)18-6-12(20)17-7-13(21)19-9-2-3-9/h1,4-5,9H,2-3,6-7H2,(H,17,20)(H,18,22)(H,19,21). The summed E-state index contributed by atoms with van der Waals surface area (Å²) in [4.78, 5) is 34.8. The molecule has 3 N–H and O–H groups in total. The summed E-state index contributed by atoms with van der Waals surface area (Å²) in [5, 5.41) is 8.21. The second-order valence-electron chi connectivity index (χ2n) is 4.93. The highest BCUT2D eigenvalue weighted by Crippen LogP contribution is 2.20. The van der Waals surface area contributed by atoms with E-state index in [9.17, 15) is 14.4 Å². The van der Waals surface area contributed by atoms with Crippen LogP contribution in [0, 0.1) is 0 Å². The zero-order valence-corrected chi connectivity index (χ0v) is 13.1. The molecule has 0 saturated heterocycles. The summed E-state index contributed by atoms with van der Waals surface area (Å²) in [7, 11) is 0. The van der Waals surface area contributed by atoms with Gasteiger partial charge in [-0.15, -0.1) is 0 Å². The number of amides is 3. The van der Waals surface area contributed by atoms with Crippen LogP contribution in [0.1, 0.15) is 23.2 Å². The Labute approximate surface area is 137 Å². The highest BCUT2D eigenvalue weighted by atomic mass is 35.5. The molecule has 1 fully saturated rings. The van der Waals surface area contributed by atoms with Gasteiger partial charge in [-0.3, -0.25) is 14.4 Å². The summed E-state index contributed by atoms with van der Waals surface area (Å²) in [5.74, 6) is -1.17. The molecule has 1 aliphatic rings. The number of nitrogens with one attached hydrogen (secondary N) is 3. The molecule has 1 saturated carbocycles. The Morgan fingerprint density at radius 2 is 1.73 bits per heavy atom. The molecule has 0 unspecified atom stereocenters. The van der Waals surface area contributed by atoms with E-state index >= 15 is 0 Å². The first-order chi connectivity index (χ1) is 10.5. The molecule has 0 spiro atoms. The van der Waals surface area contributed by atoms with Crippen LogP contribution in [0.3, 0.4) is 0 Å². The Kier molecular flexibility index (Phi) is 5.63. The fourth-order valence-electron chi connectivity index (χ4n) is 1.68. The third-order valence-corrected chi connectivity index (χ3v) is 3.52. The minimum Gasteiger partial charge on any atom is -0.352 e. The molecule has 3 amide bonds. The van der Waals surface area contributed by atoms with E-state index in [1.807, 2.05) is 0 Å². The highest BCUT2D eigenvalue weighted by molar-refractivity contribution is 6.36. The van der Waals surface area contributed by atoms with Gasteiger partial charge in [-0.05, 0) is 31.0 Å². The van der Waals surface area contributed by atoms with Crippen molar-refractivity contribution in [2.24, 2.45) is 0 Å². The van der Waals surface area contributed by atoms with Gasteiger partial charge in [0.05, 0.1) is 23.7 Å². The molecular formula is C14H15Cl2N3O3. The van der Waals surface area contributed by atoms with Gasteiger partial charge in [0.25, 0.3) is 5.91 Å². The largest absolute Gasteiger partial charge is 0.352 e. The van der Waals surface area contributed by atoms with Gasteiger partial charge in [0, 0.05) is 11.1 Å². The van der Waals surface area contributed by atoms with Crippen molar-refractivity contribution in [2.75, 3.05) is 13.1 Å². The molecule has 0 aliphatic heterocycles. The van der Waals surface area contributed by atoms with E-state index in [1.54, 1.807) is 0 Å². The first-order valence-electron chi connectivity index (χ1n) is 6.75. The van der Waals surface area contributed by atoms with E-state index < -0.39 is 11.8 Å². The van der Waals surface area contributed by atoms with E-state index in [2.05, 4.69) is 16.0 Å². The number of hydrogen-bond donors (Lipinski definition) is 3. The predicted molar refractivity (Wildman–Crippen MR) is 83.0 cm³/mol. The van der Waals surface area contributed by atoms with Gasteiger partial charge in [-0.25, -0.2) is 0 Å². The van der Waals surface area contributed by atoms with Gasteiger partial charge in [-0.1, -0.05) is 23.2 Å². The summed E-state index contributed by atoms with van der Waals surface area (Å²) in [6.45, 7) is -0.346. The van der Waals surface area contributed by atoms with Crippen LogP contribution in [0.25, 0.3) is 0 Å². The Hall–Kier alpha value is -1.79. The smallest absolute Gasteiger partial charge is 0.253 e. The van der Waals surface area contributed by atoms with Gasteiger partial charge in [0.15, 0.2) is 0 Å². The first-order valence-corrected chi connectivity index (χ1v) is 7.50. The predicted octanol–water partition coefficient (Wildman–Crippen LogP) is 1.12. The fourth-order valence-corrected chi connectivity index (χ4v) is 2.17. The molecule has 0 radical (unpaired) electrons. The number of carbonyl (C=O) groups is 3. The third-order valence-electron chi connectivity index (χ3n) is 2.97. The monoisotopic (exact) mass is 343 g/mol. The molecule has 2 rings (SSSR count). The minimum absolute atomic E-state index is 0.104. The number of halogens is 2. The molecule has 0 aromatic heterocycles. The molecule has 8 heteroatoms. The lowest BCUT2D eigenvalue weighted by molar-refractivity contribution is -0.125. The van der Waals surface area contributed by atoms with Gasteiger partial charge in [0.1, 0.15) is 0 Å². The molecule has 1 aliphatic carbocycles. The van der Waals surface area contributed by atoms with Crippen molar-refractivity contribution in [3.8, 4) is 0 Å². The SMILES string of the molecule is O=C(CNC(=O)c1ccc(Cl)cc1Cl)NCC(=O)NC1CC1. The molecule has 6 nitrogen and oxygen atoms in total. The zero-order chi connectivity index (χ0) is 16.1. The van der Waals surface area contributed by atoms with Gasteiger partial charge >= 0.3 is 0 Å². The Morgan fingerprint density at radius 3 is 2.36 bits per heavy atom. The van der Waals surface area contributed by atoms with E-state index in [4.69, 9.17) is 23.2 Å². The zero-order valence-electron chi connectivity index (χ0n) is 11.6. The molecule has 0 bridgehead atoms. The normalized spacial score (nSPS) is 13.4. The summed E-state index contributed by atoms with van der Waals surface area (Å²) in [5.41, 5.74) is 0.227. The van der Waals surface area contributed by atoms with E-state index in [0.29, 0.717) is 5.02 Å². The average Bonchev–Trinajstić information content (AvgIpc) is 3.26. The molecule has 0 heterocycles. The van der Waals surface area contributed by atoms with Crippen LogP contribution < -0.4 is 16.0 Å². The highest BCUT2D eigenvalue weighted by Gasteiger charge is 2.23. The van der Waals surface area contributed by atoms with Crippen LogP contribution in [0.4, 0.5) is 0 Å². The first kappa shape index (κ1) is 16.6. The van der Waals surface area contributed by atoms with Gasteiger partial charge in [-0.2, -0.15) is 0 Å². The molecule has 118 valence electrons. The van der Waals surface area contributed by atoms with Crippen molar-refractivity contribution in [1.82, 2.24) is 16.0 Å². The Bertz CT molecular complexity index is 603. The van der Waals surface area contributed by atoms with Crippen LogP contribution in [-0.4, -0.2) is 36.9 Å². The van der Waals surface area contributed by atoms with Crippen molar-refractivity contribution in [2.45, 2.75) is 18.9 Å². The lowest BCUT2D eigenvalue weighted by Gasteiger charge is -2.08. The molecular weight excluding hydrogens is 329 g/mol. The maximum Gasteiger partial charge on any atom is 0.253 e. The maximum atomic E-state index is 11.9. The Balaban J connectivity index is 1.72. The maximum absolute atomic E-state index is 11.9. The second kappa shape index (κ2) is 7.47. The summed E-state index contributed by atoms with van der Waals surface area (Å²) in [6.07, 6.45) is 1.97. The van der Waals surface area contributed by atoms with Crippen LogP contribution >= 0.6 is 23.2 Å². The molecule has 22 heavy (non-hydrogen) atoms. The second-order valence-corrected chi connectivity index (χ2v) is 5.77. The quantitative estimate of drug-likeness (QED) is 0.723. The van der Waals surface area contributed by atoms with E-state index in [0.717, 1.165) is 12.8 Å². The molecule has 1 aromatic carbocycles. The van der Waals surface area contributed by atoms with Crippen LogP contribution in [0.15, 0.2) is 18.2 Å². The van der Waals surface area contributed by atoms with E-state index in [-0.39, 0.29) is 35.6 Å². The van der Waals surface area contributed by atoms with Gasteiger partial charge in [0.2, 0.25) is 11.8 Å². The van der Waals surface area contributed by atoms with Crippen molar-refractivity contribution < 1.29 is 14.4 Å². The van der Waals surface area contributed by atoms with Crippen molar-refractivity contribution in [1.29, 1.82) is 0 Å². The summed E-state index contributed by atoms with van der Waals surface area (Å²) in [6, 6.07) is 4.70. The lowest BCUT2D eigenvalue weighted by atomic mass is 10.2. The lowest BCUT2D eigenvalue weighted by Crippen LogP contribution is -2.42. The molecule has 0 atom stereocenters. The number of hydrogen-bond acceptors (Lipinski definition) is 3. The number of carbonyl (C=O) groups excluding carboxylic acids is 3. The number of benzene rings is 1. The molecule has 1 aromatic rings. The summed E-state index contributed by atoms with van der Waals surface area (Å²) < 4.78 is 0. The Morgan fingerprint density at radius 1 is 1.05 bits per heavy atom. The summed E-state index contributed by atoms with van der Waals surface area (Å²) >= 11 is 11.6. The van der Waals surface area contributed by atoms with Crippen LogP contribution in [0.5, 0.6) is 0 Å². The van der Waals surface area contributed by atoms with Crippen LogP contribution in [-0.2, 0) is 9.59 Å². The third kappa shape index (κ3) is 5.20. The number of rotatable bonds is 6. The van der Waals surface area contributed by atoms with Crippen molar-refractivity contribution in [3.63, 3.8) is 0 Å². The topological polar surface area (TPSA) is 87.3 Å². The minimum atomic E-state index is -0.487. The average molecular weight is 344 g/mol. The van der Waals surface area contributed by atoms with Crippen molar-refractivity contribution in [3.05, 3.63) is 33.8 Å².